The monoisotopic (exact) mass is 402 g/mol. The summed E-state index contributed by atoms with van der Waals surface area (Å²) >= 11 is 5.84. The number of ether oxygens (including phenoxy) is 2. The molecule has 3 rings (SSSR count). The van der Waals surface area contributed by atoms with E-state index in [4.69, 9.17) is 21.1 Å². The second kappa shape index (κ2) is 7.61. The van der Waals surface area contributed by atoms with Crippen LogP contribution in [0.25, 0.3) is 6.08 Å². The predicted octanol–water partition coefficient (Wildman–Crippen LogP) is 2.73. The van der Waals surface area contributed by atoms with Gasteiger partial charge in [0.05, 0.1) is 19.9 Å². The van der Waals surface area contributed by atoms with Gasteiger partial charge in [-0.2, -0.15) is 0 Å². The third-order valence-corrected chi connectivity index (χ3v) is 4.25. The van der Waals surface area contributed by atoms with Crippen molar-refractivity contribution in [3.8, 4) is 17.2 Å². The molecule has 4 amide bonds. The van der Waals surface area contributed by atoms with Crippen LogP contribution in [0.15, 0.2) is 42.0 Å². The summed E-state index contributed by atoms with van der Waals surface area (Å²) in [6.45, 7) is 0. The van der Waals surface area contributed by atoms with Gasteiger partial charge in [-0.15, -0.1) is 0 Å². The number of methoxy groups -OCH3 is 2. The van der Waals surface area contributed by atoms with Crippen LogP contribution < -0.4 is 19.7 Å². The summed E-state index contributed by atoms with van der Waals surface area (Å²) in [7, 11) is 2.70. The van der Waals surface area contributed by atoms with E-state index in [0.717, 1.165) is 4.90 Å². The summed E-state index contributed by atoms with van der Waals surface area (Å²) in [5, 5.41) is 12.6. The molecule has 0 unspecified atom stereocenters. The molecule has 0 radical (unpaired) electrons. The second-order valence-corrected chi connectivity index (χ2v) is 6.14. The van der Waals surface area contributed by atoms with E-state index in [1.54, 1.807) is 0 Å². The lowest BCUT2D eigenvalue weighted by molar-refractivity contribution is -0.122. The van der Waals surface area contributed by atoms with Crippen molar-refractivity contribution in [3.05, 3.63) is 52.6 Å². The zero-order valence-corrected chi connectivity index (χ0v) is 15.6. The Morgan fingerprint density at radius 2 is 1.61 bits per heavy atom. The van der Waals surface area contributed by atoms with E-state index in [2.05, 4.69) is 5.32 Å². The molecule has 0 bridgehead atoms. The van der Waals surface area contributed by atoms with E-state index in [1.807, 2.05) is 0 Å². The summed E-state index contributed by atoms with van der Waals surface area (Å²) in [6, 6.07) is 8.00. The molecule has 2 aromatic rings. The lowest BCUT2D eigenvalue weighted by Crippen LogP contribution is -2.54. The molecule has 1 fully saturated rings. The molecule has 2 N–H and O–H groups in total. The Labute approximate surface area is 164 Å². The van der Waals surface area contributed by atoms with Gasteiger partial charge in [-0.25, -0.2) is 9.69 Å². The Kier molecular flexibility index (Phi) is 5.23. The van der Waals surface area contributed by atoms with Crippen LogP contribution in [-0.4, -0.2) is 37.2 Å². The van der Waals surface area contributed by atoms with Gasteiger partial charge < -0.3 is 14.6 Å². The molecule has 0 spiro atoms. The maximum Gasteiger partial charge on any atom is 0.335 e. The summed E-state index contributed by atoms with van der Waals surface area (Å²) in [4.78, 5) is 38.1. The van der Waals surface area contributed by atoms with Crippen LogP contribution >= 0.6 is 11.6 Å². The molecule has 8 nitrogen and oxygen atoms in total. The van der Waals surface area contributed by atoms with Gasteiger partial charge >= 0.3 is 6.03 Å². The van der Waals surface area contributed by atoms with E-state index in [9.17, 15) is 19.5 Å². The number of rotatable bonds is 4. The number of halogens is 1. The minimum atomic E-state index is -0.865. The van der Waals surface area contributed by atoms with Crippen molar-refractivity contribution in [2.24, 2.45) is 0 Å². The molecule has 0 aliphatic carbocycles. The lowest BCUT2D eigenvalue weighted by Gasteiger charge is -2.26. The van der Waals surface area contributed by atoms with Gasteiger partial charge in [0.25, 0.3) is 11.8 Å². The topological polar surface area (TPSA) is 105 Å². The first kappa shape index (κ1) is 19.2. The van der Waals surface area contributed by atoms with E-state index in [-0.39, 0.29) is 28.5 Å². The SMILES string of the molecule is COc1cc(/C=C2\C(=O)NC(=O)N(c3ccc(Cl)cc3)C2=O)cc(OC)c1O. The molecule has 2 aromatic carbocycles. The van der Waals surface area contributed by atoms with Crippen LogP contribution in [0.1, 0.15) is 5.56 Å². The van der Waals surface area contributed by atoms with E-state index >= 15 is 0 Å². The molecule has 1 aliphatic rings. The standard InChI is InChI=1S/C19H15ClN2O6/c1-27-14-8-10(9-15(28-2)16(14)23)7-13-17(24)21-19(26)22(18(13)25)12-5-3-11(20)4-6-12/h3-9,23H,1-2H3,(H,21,24,26)/b13-7+. The summed E-state index contributed by atoms with van der Waals surface area (Å²) in [6.07, 6.45) is 1.28. The van der Waals surface area contributed by atoms with Crippen molar-refractivity contribution in [1.82, 2.24) is 5.32 Å². The molecule has 0 saturated carbocycles. The van der Waals surface area contributed by atoms with Crippen LogP contribution in [-0.2, 0) is 9.59 Å². The number of phenolic OH excluding ortho intramolecular Hbond substituents is 1. The average Bonchev–Trinajstić information content (AvgIpc) is 2.67. The highest BCUT2D eigenvalue weighted by Gasteiger charge is 2.36. The molecule has 1 aliphatic heterocycles. The number of benzene rings is 2. The quantitative estimate of drug-likeness (QED) is 0.601. The van der Waals surface area contributed by atoms with Crippen molar-refractivity contribution in [2.45, 2.75) is 0 Å². The zero-order valence-electron chi connectivity index (χ0n) is 14.9. The fourth-order valence-electron chi connectivity index (χ4n) is 2.65. The molecule has 0 atom stereocenters. The summed E-state index contributed by atoms with van der Waals surface area (Å²) in [5.41, 5.74) is 0.339. The number of anilines is 1. The van der Waals surface area contributed by atoms with Crippen molar-refractivity contribution in [1.29, 1.82) is 0 Å². The van der Waals surface area contributed by atoms with Crippen LogP contribution in [0.3, 0.4) is 0 Å². The normalized spacial score (nSPS) is 15.6. The first-order chi connectivity index (χ1) is 13.3. The number of amides is 4. The maximum atomic E-state index is 12.8. The lowest BCUT2D eigenvalue weighted by atomic mass is 10.1. The van der Waals surface area contributed by atoms with Gasteiger partial charge in [0.15, 0.2) is 11.5 Å². The molecule has 0 aromatic heterocycles. The molecule has 144 valence electrons. The van der Waals surface area contributed by atoms with Gasteiger partial charge in [-0.05, 0) is 48.0 Å². The molecule has 1 saturated heterocycles. The fourth-order valence-corrected chi connectivity index (χ4v) is 2.77. The van der Waals surface area contributed by atoms with Crippen molar-refractivity contribution >= 4 is 41.2 Å². The summed E-state index contributed by atoms with van der Waals surface area (Å²) in [5.74, 6) is -1.67. The minimum Gasteiger partial charge on any atom is -0.502 e. The van der Waals surface area contributed by atoms with Crippen molar-refractivity contribution in [2.75, 3.05) is 19.1 Å². The number of phenols is 1. The van der Waals surface area contributed by atoms with E-state index in [1.165, 1.54) is 56.7 Å². The van der Waals surface area contributed by atoms with E-state index < -0.39 is 17.8 Å². The number of nitrogens with one attached hydrogen (secondary N) is 1. The Balaban J connectivity index is 2.05. The van der Waals surface area contributed by atoms with Crippen molar-refractivity contribution < 1.29 is 29.0 Å². The van der Waals surface area contributed by atoms with Gasteiger partial charge in [0.2, 0.25) is 5.75 Å². The summed E-state index contributed by atoms with van der Waals surface area (Å²) < 4.78 is 10.1. The second-order valence-electron chi connectivity index (χ2n) is 5.71. The van der Waals surface area contributed by atoms with Gasteiger partial charge in [-0.3, -0.25) is 14.9 Å². The molecule has 9 heteroatoms. The molecular weight excluding hydrogens is 388 g/mol. The maximum absolute atomic E-state index is 12.8. The highest BCUT2D eigenvalue weighted by molar-refractivity contribution is 6.39. The first-order valence-corrected chi connectivity index (χ1v) is 8.35. The number of carbonyl (C=O) groups excluding carboxylic acids is 3. The number of nitrogens with zero attached hydrogens (tertiary/aromatic N) is 1. The Bertz CT molecular complexity index is 975. The molecule has 28 heavy (non-hydrogen) atoms. The number of hydrogen-bond donors (Lipinski definition) is 2. The molecular formula is C19H15ClN2O6. The highest BCUT2D eigenvalue weighted by Crippen LogP contribution is 2.38. The first-order valence-electron chi connectivity index (χ1n) is 7.97. The average molecular weight is 403 g/mol. The minimum absolute atomic E-state index is 0.0977. The largest absolute Gasteiger partial charge is 0.502 e. The van der Waals surface area contributed by atoms with Crippen molar-refractivity contribution in [3.63, 3.8) is 0 Å². The Hall–Kier alpha value is -3.52. The zero-order chi connectivity index (χ0) is 20.4. The number of aromatic hydroxyl groups is 1. The van der Waals surface area contributed by atoms with Gasteiger partial charge in [-0.1, -0.05) is 11.6 Å². The third kappa shape index (κ3) is 3.49. The van der Waals surface area contributed by atoms with Gasteiger partial charge in [0.1, 0.15) is 5.57 Å². The fraction of sp³-hybridized carbons (Fsp3) is 0.105. The van der Waals surface area contributed by atoms with Crippen LogP contribution in [0.5, 0.6) is 17.2 Å². The van der Waals surface area contributed by atoms with Crippen LogP contribution in [0.4, 0.5) is 10.5 Å². The highest BCUT2D eigenvalue weighted by atomic mass is 35.5. The van der Waals surface area contributed by atoms with Crippen LogP contribution in [0, 0.1) is 0 Å². The number of carbonyl (C=O) groups is 3. The predicted molar refractivity (Wildman–Crippen MR) is 102 cm³/mol. The number of hydrogen-bond acceptors (Lipinski definition) is 6. The third-order valence-electron chi connectivity index (χ3n) is 4.00. The smallest absolute Gasteiger partial charge is 0.335 e. The Morgan fingerprint density at radius 3 is 2.14 bits per heavy atom. The van der Waals surface area contributed by atoms with E-state index in [0.29, 0.717) is 10.6 Å². The van der Waals surface area contributed by atoms with Gasteiger partial charge in [0, 0.05) is 5.02 Å². The number of barbiturate groups is 1. The number of imide groups is 2. The number of urea groups is 1. The Morgan fingerprint density at radius 1 is 1.04 bits per heavy atom. The van der Waals surface area contributed by atoms with Crippen LogP contribution in [0.2, 0.25) is 5.02 Å². The molecule has 1 heterocycles.